The first kappa shape index (κ1) is 10.6. The molecule has 96 valence electrons. The molecular weight excluding hydrogens is 251 g/mol. The van der Waals surface area contributed by atoms with E-state index >= 15 is 0 Å². The average Bonchev–Trinajstić information content (AvgIpc) is 3.27. The molecule has 2 unspecified atom stereocenters. The van der Waals surface area contributed by atoms with Crippen molar-refractivity contribution in [1.82, 2.24) is 0 Å². The zero-order valence-electron chi connectivity index (χ0n) is 10.6. The summed E-state index contributed by atoms with van der Waals surface area (Å²) in [5.41, 5.74) is 4.03. The highest BCUT2D eigenvalue weighted by atomic mass is 19.1. The van der Waals surface area contributed by atoms with Gasteiger partial charge in [0, 0.05) is 5.56 Å². The minimum Gasteiger partial charge on any atom is -0.359 e. The maximum Gasteiger partial charge on any atom is 0.130 e. The van der Waals surface area contributed by atoms with Gasteiger partial charge in [-0.3, -0.25) is 0 Å². The number of epoxide rings is 1. The van der Waals surface area contributed by atoms with E-state index in [0.29, 0.717) is 0 Å². The van der Waals surface area contributed by atoms with Crippen LogP contribution < -0.4 is 0 Å². The van der Waals surface area contributed by atoms with E-state index in [1.807, 2.05) is 30.3 Å². The Balaban J connectivity index is 2.00. The molecule has 0 spiro atoms. The van der Waals surface area contributed by atoms with Gasteiger partial charge in [-0.25, -0.2) is 4.39 Å². The summed E-state index contributed by atoms with van der Waals surface area (Å²) in [6.45, 7) is 0. The molecule has 0 N–H and O–H groups in total. The highest BCUT2D eigenvalue weighted by Crippen LogP contribution is 2.60. The minimum absolute atomic E-state index is 0.0364. The van der Waals surface area contributed by atoms with Crippen LogP contribution in [0.3, 0.4) is 0 Å². The van der Waals surface area contributed by atoms with E-state index in [1.54, 1.807) is 6.07 Å². The number of hydrogen-bond acceptors (Lipinski definition) is 1. The quantitative estimate of drug-likeness (QED) is 0.531. The lowest BCUT2D eigenvalue weighted by atomic mass is 9.82. The van der Waals surface area contributed by atoms with Gasteiger partial charge in [-0.2, -0.15) is 0 Å². The Kier molecular flexibility index (Phi) is 1.83. The van der Waals surface area contributed by atoms with Crippen molar-refractivity contribution < 1.29 is 9.13 Å². The Morgan fingerprint density at radius 3 is 2.65 bits per heavy atom. The van der Waals surface area contributed by atoms with Crippen molar-refractivity contribution in [2.24, 2.45) is 0 Å². The molecule has 1 aliphatic heterocycles. The number of fused-ring (bicyclic) bond motifs is 8. The maximum absolute atomic E-state index is 14.5. The molecule has 2 heteroatoms. The highest BCUT2D eigenvalue weighted by Gasteiger charge is 2.49. The standard InChI is InChI=1S/C18H11FO/c19-14-9-10-5-1-2-6-11(10)15-12-7-3-4-8-13(12)17-18(20-17)16(14)15/h1-9,17-18H. The van der Waals surface area contributed by atoms with Crippen LogP contribution in [0.25, 0.3) is 21.9 Å². The number of ether oxygens (including phenoxy) is 1. The second-order valence-corrected chi connectivity index (χ2v) is 5.43. The molecule has 3 aromatic carbocycles. The predicted molar refractivity (Wildman–Crippen MR) is 75.9 cm³/mol. The molecule has 5 rings (SSSR count). The fourth-order valence-corrected chi connectivity index (χ4v) is 3.44. The van der Waals surface area contributed by atoms with Gasteiger partial charge in [-0.05, 0) is 33.5 Å². The van der Waals surface area contributed by atoms with E-state index < -0.39 is 0 Å². The zero-order chi connectivity index (χ0) is 13.3. The van der Waals surface area contributed by atoms with E-state index in [4.69, 9.17) is 4.74 Å². The molecular formula is C18H11FO. The Labute approximate surface area is 115 Å². The van der Waals surface area contributed by atoms with Gasteiger partial charge in [-0.15, -0.1) is 0 Å². The van der Waals surface area contributed by atoms with Crippen LogP contribution in [-0.2, 0) is 4.74 Å². The SMILES string of the molecule is Fc1cc2ccccc2c2c1C1OC1c1ccccc1-2. The van der Waals surface area contributed by atoms with Crippen molar-refractivity contribution in [3.8, 4) is 11.1 Å². The highest BCUT2D eigenvalue weighted by molar-refractivity contribution is 6.00. The summed E-state index contributed by atoms with van der Waals surface area (Å²) >= 11 is 0. The monoisotopic (exact) mass is 262 g/mol. The van der Waals surface area contributed by atoms with Gasteiger partial charge in [-0.1, -0.05) is 48.5 Å². The van der Waals surface area contributed by atoms with E-state index in [2.05, 4.69) is 18.2 Å². The lowest BCUT2D eigenvalue weighted by Crippen LogP contribution is -2.02. The summed E-state index contributed by atoms with van der Waals surface area (Å²) in [6.07, 6.45) is -0.0705. The van der Waals surface area contributed by atoms with Crippen LogP contribution in [0.2, 0.25) is 0 Å². The predicted octanol–water partition coefficient (Wildman–Crippen LogP) is 4.77. The normalized spacial score (nSPS) is 22.1. The van der Waals surface area contributed by atoms with Gasteiger partial charge in [0.1, 0.15) is 18.0 Å². The largest absolute Gasteiger partial charge is 0.359 e. The molecule has 0 bridgehead atoms. The van der Waals surface area contributed by atoms with Crippen molar-refractivity contribution >= 4 is 10.8 Å². The fraction of sp³-hybridized carbons (Fsp3) is 0.111. The molecule has 1 heterocycles. The Morgan fingerprint density at radius 1 is 0.900 bits per heavy atom. The summed E-state index contributed by atoms with van der Waals surface area (Å²) in [5.74, 6) is -0.152. The maximum atomic E-state index is 14.5. The lowest BCUT2D eigenvalue weighted by Gasteiger charge is -2.19. The molecule has 20 heavy (non-hydrogen) atoms. The van der Waals surface area contributed by atoms with E-state index in [9.17, 15) is 4.39 Å². The van der Waals surface area contributed by atoms with Crippen LogP contribution in [0.15, 0.2) is 54.6 Å². The molecule has 1 aliphatic carbocycles. The molecule has 3 aromatic rings. The third kappa shape index (κ3) is 1.20. The summed E-state index contributed by atoms with van der Waals surface area (Å²) in [5, 5.41) is 2.04. The third-order valence-electron chi connectivity index (χ3n) is 4.35. The van der Waals surface area contributed by atoms with Crippen molar-refractivity contribution in [1.29, 1.82) is 0 Å². The van der Waals surface area contributed by atoms with Crippen LogP contribution in [0.4, 0.5) is 4.39 Å². The molecule has 0 radical (unpaired) electrons. The first-order valence-corrected chi connectivity index (χ1v) is 6.80. The summed E-state index contributed by atoms with van der Waals surface area (Å²) in [7, 11) is 0. The molecule has 2 aliphatic rings. The van der Waals surface area contributed by atoms with E-state index in [-0.39, 0.29) is 18.0 Å². The fourth-order valence-electron chi connectivity index (χ4n) is 3.44. The van der Waals surface area contributed by atoms with Gasteiger partial charge < -0.3 is 4.74 Å². The van der Waals surface area contributed by atoms with Gasteiger partial charge in [0.15, 0.2) is 0 Å². The molecule has 0 aromatic heterocycles. The third-order valence-corrected chi connectivity index (χ3v) is 4.35. The van der Waals surface area contributed by atoms with Crippen LogP contribution in [0, 0.1) is 5.82 Å². The van der Waals surface area contributed by atoms with Crippen molar-refractivity contribution in [2.75, 3.05) is 0 Å². The van der Waals surface area contributed by atoms with Crippen molar-refractivity contribution in [3.63, 3.8) is 0 Å². The van der Waals surface area contributed by atoms with E-state index in [0.717, 1.165) is 27.5 Å². The number of hydrogen-bond donors (Lipinski definition) is 0. The molecule has 1 saturated heterocycles. The molecule has 1 nitrogen and oxygen atoms in total. The van der Waals surface area contributed by atoms with Gasteiger partial charge in [0.2, 0.25) is 0 Å². The van der Waals surface area contributed by atoms with Crippen molar-refractivity contribution in [2.45, 2.75) is 12.2 Å². The smallest absolute Gasteiger partial charge is 0.130 e. The average molecular weight is 262 g/mol. The van der Waals surface area contributed by atoms with Crippen LogP contribution in [0.1, 0.15) is 23.3 Å². The number of rotatable bonds is 0. The molecule has 0 amide bonds. The van der Waals surface area contributed by atoms with Gasteiger partial charge in [0.25, 0.3) is 0 Å². The first-order valence-electron chi connectivity index (χ1n) is 6.80. The topological polar surface area (TPSA) is 12.5 Å². The molecule has 1 fully saturated rings. The Morgan fingerprint density at radius 2 is 1.70 bits per heavy atom. The first-order chi connectivity index (χ1) is 9.84. The van der Waals surface area contributed by atoms with Crippen LogP contribution >= 0.6 is 0 Å². The van der Waals surface area contributed by atoms with Gasteiger partial charge in [0.05, 0.1) is 0 Å². The van der Waals surface area contributed by atoms with Gasteiger partial charge >= 0.3 is 0 Å². The van der Waals surface area contributed by atoms with Crippen LogP contribution in [0.5, 0.6) is 0 Å². The number of benzene rings is 3. The van der Waals surface area contributed by atoms with Crippen molar-refractivity contribution in [3.05, 3.63) is 71.5 Å². The summed E-state index contributed by atoms with van der Waals surface area (Å²) in [6, 6.07) is 17.8. The number of halogens is 1. The Bertz CT molecular complexity index is 868. The Hall–Kier alpha value is -2.19. The summed E-state index contributed by atoms with van der Waals surface area (Å²) in [4.78, 5) is 0. The van der Waals surface area contributed by atoms with E-state index in [1.165, 1.54) is 5.56 Å². The molecule has 0 saturated carbocycles. The molecule has 2 atom stereocenters. The lowest BCUT2D eigenvalue weighted by molar-refractivity contribution is 0.376. The van der Waals surface area contributed by atoms with Crippen LogP contribution in [-0.4, -0.2) is 0 Å². The summed E-state index contributed by atoms with van der Waals surface area (Å²) < 4.78 is 20.2. The second kappa shape index (κ2) is 3.47. The minimum atomic E-state index is -0.152. The zero-order valence-corrected chi connectivity index (χ0v) is 10.6. The second-order valence-electron chi connectivity index (χ2n) is 5.43.